The third-order valence-electron chi connectivity index (χ3n) is 4.98. The Morgan fingerprint density at radius 2 is 1.03 bits per heavy atom. The van der Waals surface area contributed by atoms with Gasteiger partial charge in [-0.3, -0.25) is 4.55 Å². The van der Waals surface area contributed by atoms with Crippen molar-refractivity contribution in [3.63, 3.8) is 0 Å². The predicted octanol–water partition coefficient (Wildman–Crippen LogP) is 4.94. The summed E-state index contributed by atoms with van der Waals surface area (Å²) in [6, 6.07) is 23.3. The third-order valence-corrected chi connectivity index (χ3v) is 8.70. The molecule has 0 saturated heterocycles. The van der Waals surface area contributed by atoms with E-state index in [-0.39, 0.29) is 4.90 Å². The van der Waals surface area contributed by atoms with E-state index in [0.717, 1.165) is 10.6 Å². The number of rotatable bonds is 6. The standard InChI is InChI=1S/C24H27O3PS/c1-17(2)19-11-5-7-13-21(19)28(22-14-8-6-12-20(22)18(3)4)23-15-9-10-16-24(23)29(25,26)27/h5-18H,1-4H3,(H,25,26,27). The van der Waals surface area contributed by atoms with E-state index in [2.05, 4.69) is 52.0 Å². The minimum atomic E-state index is -4.34. The lowest BCUT2D eigenvalue weighted by Gasteiger charge is -2.27. The van der Waals surface area contributed by atoms with Gasteiger partial charge in [0.15, 0.2) is 0 Å². The van der Waals surface area contributed by atoms with Gasteiger partial charge in [-0.25, -0.2) is 0 Å². The second-order valence-electron chi connectivity index (χ2n) is 7.71. The molecule has 3 aromatic rings. The number of benzene rings is 3. The Hall–Kier alpha value is -2.00. The number of hydrogen-bond acceptors (Lipinski definition) is 2. The summed E-state index contributed by atoms with van der Waals surface area (Å²) < 4.78 is 34.4. The molecule has 0 heterocycles. The molecule has 1 N–H and O–H groups in total. The molecule has 0 aromatic heterocycles. The van der Waals surface area contributed by atoms with Crippen molar-refractivity contribution in [2.45, 2.75) is 44.4 Å². The molecule has 3 nitrogen and oxygen atoms in total. The van der Waals surface area contributed by atoms with Crippen molar-refractivity contribution < 1.29 is 13.0 Å². The Kier molecular flexibility index (Phi) is 6.58. The van der Waals surface area contributed by atoms with Crippen LogP contribution in [0.2, 0.25) is 0 Å². The zero-order valence-electron chi connectivity index (χ0n) is 17.2. The minimum Gasteiger partial charge on any atom is -0.282 e. The van der Waals surface area contributed by atoms with Gasteiger partial charge in [0, 0.05) is 5.30 Å². The molecule has 152 valence electrons. The van der Waals surface area contributed by atoms with Crippen molar-refractivity contribution in [1.82, 2.24) is 0 Å². The van der Waals surface area contributed by atoms with Crippen molar-refractivity contribution in [2.75, 3.05) is 0 Å². The van der Waals surface area contributed by atoms with E-state index in [1.807, 2.05) is 36.4 Å². The van der Waals surface area contributed by atoms with Crippen molar-refractivity contribution >= 4 is 34.0 Å². The predicted molar refractivity (Wildman–Crippen MR) is 123 cm³/mol. The summed E-state index contributed by atoms with van der Waals surface area (Å²) in [5.74, 6) is 0.584. The lowest BCUT2D eigenvalue weighted by molar-refractivity contribution is 0.484. The van der Waals surface area contributed by atoms with Gasteiger partial charge in [-0.05, 0) is 47.6 Å². The van der Waals surface area contributed by atoms with Crippen LogP contribution in [-0.2, 0) is 10.1 Å². The molecule has 5 heteroatoms. The van der Waals surface area contributed by atoms with Crippen LogP contribution in [0.15, 0.2) is 77.7 Å². The molecule has 3 aromatic carbocycles. The highest BCUT2D eigenvalue weighted by Gasteiger charge is 2.28. The van der Waals surface area contributed by atoms with Gasteiger partial charge in [0.25, 0.3) is 10.1 Å². The first-order chi connectivity index (χ1) is 13.7. The number of hydrogen-bond donors (Lipinski definition) is 1. The Labute approximate surface area is 175 Å². The van der Waals surface area contributed by atoms with E-state index in [9.17, 15) is 13.0 Å². The fraction of sp³-hybridized carbons (Fsp3) is 0.250. The first kappa shape index (κ1) is 21.7. The SMILES string of the molecule is CC(C)c1ccccc1P(c1ccccc1C(C)C)c1ccccc1S(=O)(=O)O. The zero-order chi connectivity index (χ0) is 21.2. The normalized spacial score (nSPS) is 12.1. The van der Waals surface area contributed by atoms with Crippen LogP contribution < -0.4 is 15.9 Å². The van der Waals surface area contributed by atoms with Gasteiger partial charge in [-0.2, -0.15) is 8.42 Å². The smallest absolute Gasteiger partial charge is 0.282 e. The summed E-state index contributed by atoms with van der Waals surface area (Å²) >= 11 is 0. The monoisotopic (exact) mass is 426 g/mol. The second-order valence-corrected chi connectivity index (χ2v) is 11.2. The molecule has 0 fully saturated rings. The molecular formula is C24H27O3PS. The van der Waals surface area contributed by atoms with Crippen LogP contribution in [0.1, 0.15) is 50.7 Å². The van der Waals surface area contributed by atoms with E-state index in [4.69, 9.17) is 0 Å². The Morgan fingerprint density at radius 3 is 1.45 bits per heavy atom. The maximum Gasteiger partial charge on any atom is 0.295 e. The van der Waals surface area contributed by atoms with Crippen LogP contribution >= 0.6 is 7.92 Å². The first-order valence-electron chi connectivity index (χ1n) is 9.76. The molecule has 0 aliphatic rings. The van der Waals surface area contributed by atoms with E-state index in [1.165, 1.54) is 17.2 Å². The molecular weight excluding hydrogens is 399 g/mol. The van der Waals surface area contributed by atoms with Gasteiger partial charge in [0.2, 0.25) is 0 Å². The van der Waals surface area contributed by atoms with Crippen molar-refractivity contribution in [3.05, 3.63) is 83.9 Å². The van der Waals surface area contributed by atoms with Gasteiger partial charge in [-0.1, -0.05) is 94.4 Å². The fourth-order valence-corrected chi connectivity index (χ4v) is 7.77. The van der Waals surface area contributed by atoms with Crippen LogP contribution in [0.4, 0.5) is 0 Å². The van der Waals surface area contributed by atoms with Gasteiger partial charge >= 0.3 is 0 Å². The van der Waals surface area contributed by atoms with Crippen LogP contribution in [-0.4, -0.2) is 13.0 Å². The quantitative estimate of drug-likeness (QED) is 0.449. The third kappa shape index (κ3) is 4.61. The van der Waals surface area contributed by atoms with Gasteiger partial charge < -0.3 is 0 Å². The molecule has 0 spiro atoms. The molecule has 29 heavy (non-hydrogen) atoms. The molecule has 0 atom stereocenters. The van der Waals surface area contributed by atoms with Crippen LogP contribution in [0.3, 0.4) is 0 Å². The lowest BCUT2D eigenvalue weighted by atomic mass is 10.0. The molecule has 0 amide bonds. The summed E-state index contributed by atoms with van der Waals surface area (Å²) in [6.45, 7) is 8.59. The summed E-state index contributed by atoms with van der Waals surface area (Å²) in [4.78, 5) is -0.0109. The molecule has 0 saturated carbocycles. The van der Waals surface area contributed by atoms with Crippen molar-refractivity contribution in [1.29, 1.82) is 0 Å². The van der Waals surface area contributed by atoms with Crippen LogP contribution in [0.5, 0.6) is 0 Å². The molecule has 0 bridgehead atoms. The highest BCUT2D eigenvalue weighted by atomic mass is 32.2. The first-order valence-corrected chi connectivity index (χ1v) is 12.5. The Morgan fingerprint density at radius 1 is 0.655 bits per heavy atom. The highest BCUT2D eigenvalue weighted by molar-refractivity contribution is 7.88. The van der Waals surface area contributed by atoms with Crippen LogP contribution in [0, 0.1) is 0 Å². The Balaban J connectivity index is 2.41. The summed E-state index contributed by atoms with van der Waals surface area (Å²) in [7, 11) is -5.52. The van der Waals surface area contributed by atoms with E-state index < -0.39 is 18.0 Å². The fourth-order valence-electron chi connectivity index (χ4n) is 3.61. The molecule has 0 unspecified atom stereocenters. The maximum absolute atomic E-state index is 12.2. The molecule has 3 rings (SSSR count). The van der Waals surface area contributed by atoms with E-state index >= 15 is 0 Å². The second kappa shape index (κ2) is 8.79. The highest BCUT2D eigenvalue weighted by Crippen LogP contribution is 2.40. The van der Waals surface area contributed by atoms with Gasteiger partial charge in [-0.15, -0.1) is 0 Å². The van der Waals surface area contributed by atoms with Crippen molar-refractivity contribution in [3.8, 4) is 0 Å². The minimum absolute atomic E-state index is 0.0109. The molecule has 0 aliphatic heterocycles. The van der Waals surface area contributed by atoms with Gasteiger partial charge in [0.1, 0.15) is 4.90 Å². The largest absolute Gasteiger partial charge is 0.295 e. The Bertz CT molecular complexity index is 1050. The summed E-state index contributed by atoms with van der Waals surface area (Å²) in [5, 5.41) is 2.91. The topological polar surface area (TPSA) is 54.4 Å². The molecule has 0 radical (unpaired) electrons. The van der Waals surface area contributed by atoms with E-state index in [0.29, 0.717) is 17.1 Å². The van der Waals surface area contributed by atoms with Gasteiger partial charge in [0.05, 0.1) is 0 Å². The summed E-state index contributed by atoms with van der Waals surface area (Å²) in [5.41, 5.74) is 2.39. The zero-order valence-corrected chi connectivity index (χ0v) is 18.9. The molecule has 0 aliphatic carbocycles. The maximum atomic E-state index is 12.2. The average molecular weight is 427 g/mol. The van der Waals surface area contributed by atoms with Crippen LogP contribution in [0.25, 0.3) is 0 Å². The average Bonchev–Trinajstić information content (AvgIpc) is 2.68. The summed E-state index contributed by atoms with van der Waals surface area (Å²) in [6.07, 6.45) is 0. The van der Waals surface area contributed by atoms with E-state index in [1.54, 1.807) is 6.07 Å². The van der Waals surface area contributed by atoms with Crippen molar-refractivity contribution in [2.24, 2.45) is 0 Å². The lowest BCUT2D eigenvalue weighted by Crippen LogP contribution is -2.29.